The van der Waals surface area contributed by atoms with Crippen molar-refractivity contribution in [1.29, 1.82) is 0 Å². The average molecular weight is 613 g/mol. The van der Waals surface area contributed by atoms with Crippen LogP contribution in [0.15, 0.2) is 97.2 Å². The molecule has 0 unspecified atom stereocenters. The van der Waals surface area contributed by atoms with E-state index in [4.69, 9.17) is 4.74 Å². The van der Waals surface area contributed by atoms with Crippen molar-refractivity contribution in [3.63, 3.8) is 0 Å². The minimum Gasteiger partial charge on any atom is -0.439 e. The van der Waals surface area contributed by atoms with Crippen molar-refractivity contribution in [3.05, 3.63) is 114 Å². The van der Waals surface area contributed by atoms with Crippen molar-refractivity contribution in [3.8, 4) is 11.6 Å². The molecule has 4 aromatic rings. The number of carbonyl (C=O) groups excluding carboxylic acids is 2. The van der Waals surface area contributed by atoms with Crippen LogP contribution in [0.3, 0.4) is 0 Å². The number of Topliss-reactive ketones (excluding diaryl/α,β-unsaturated/α-hetero) is 1. The molecule has 1 amide bonds. The van der Waals surface area contributed by atoms with Crippen molar-refractivity contribution < 1.29 is 22.7 Å². The van der Waals surface area contributed by atoms with Crippen LogP contribution in [0.4, 0.5) is 11.4 Å². The number of nitrogens with one attached hydrogen (secondary N) is 1. The highest BCUT2D eigenvalue weighted by Crippen LogP contribution is 2.27. The quantitative estimate of drug-likeness (QED) is 0.217. The van der Waals surface area contributed by atoms with Gasteiger partial charge in [-0.1, -0.05) is 42.5 Å². The number of sulfonamides is 1. The van der Waals surface area contributed by atoms with Crippen molar-refractivity contribution in [2.75, 3.05) is 29.0 Å². The highest BCUT2D eigenvalue weighted by atomic mass is 32.2. The molecule has 2 heterocycles. The lowest BCUT2D eigenvalue weighted by atomic mass is 9.99. The third-order valence-electron chi connectivity index (χ3n) is 7.50. The van der Waals surface area contributed by atoms with E-state index in [0.29, 0.717) is 22.9 Å². The molecule has 0 atom stereocenters. The molecule has 0 saturated carbocycles. The molecule has 1 aliphatic rings. The third-order valence-corrected chi connectivity index (χ3v) is 8.10. The number of anilines is 2. The third kappa shape index (κ3) is 8.52. The summed E-state index contributed by atoms with van der Waals surface area (Å²) in [4.78, 5) is 34.3. The maximum absolute atomic E-state index is 13.7. The van der Waals surface area contributed by atoms with Gasteiger partial charge in [0.25, 0.3) is 0 Å². The Bertz CT molecular complexity index is 1690. The molecule has 1 fully saturated rings. The predicted molar refractivity (Wildman–Crippen MR) is 172 cm³/mol. The fourth-order valence-corrected chi connectivity index (χ4v) is 5.96. The van der Waals surface area contributed by atoms with Crippen LogP contribution in [0.25, 0.3) is 0 Å². The number of ketones is 1. The molecule has 1 N–H and O–H groups in total. The highest BCUT2D eigenvalue weighted by Gasteiger charge is 2.29. The van der Waals surface area contributed by atoms with Gasteiger partial charge < -0.3 is 9.64 Å². The molecule has 0 spiro atoms. The van der Waals surface area contributed by atoms with Gasteiger partial charge in [-0.3, -0.25) is 19.2 Å². The lowest BCUT2D eigenvalue weighted by Crippen LogP contribution is -2.48. The summed E-state index contributed by atoms with van der Waals surface area (Å²) in [5.41, 5.74) is 3.86. The molecule has 228 valence electrons. The zero-order chi connectivity index (χ0) is 31.1. The van der Waals surface area contributed by atoms with Gasteiger partial charge in [-0.05, 0) is 73.4 Å². The summed E-state index contributed by atoms with van der Waals surface area (Å²) in [6, 6.07) is 27.6. The van der Waals surface area contributed by atoms with Gasteiger partial charge in [-0.2, -0.15) is 0 Å². The molecular formula is C34H36N4O5S. The van der Waals surface area contributed by atoms with Gasteiger partial charge in [-0.25, -0.2) is 13.4 Å². The van der Waals surface area contributed by atoms with Crippen LogP contribution in [-0.4, -0.2) is 55.4 Å². The van der Waals surface area contributed by atoms with Crippen LogP contribution in [0.5, 0.6) is 11.6 Å². The molecule has 0 aliphatic carbocycles. The van der Waals surface area contributed by atoms with E-state index in [2.05, 4.69) is 14.6 Å². The number of piperidine rings is 1. The van der Waals surface area contributed by atoms with Crippen LogP contribution in [0, 0.1) is 0 Å². The van der Waals surface area contributed by atoms with E-state index in [0.717, 1.165) is 55.5 Å². The maximum Gasteiger partial charge on any atom is 0.231 e. The molecular weight excluding hydrogens is 576 g/mol. The summed E-state index contributed by atoms with van der Waals surface area (Å²) >= 11 is 0. The van der Waals surface area contributed by atoms with E-state index in [1.165, 1.54) is 6.92 Å². The zero-order valence-electron chi connectivity index (χ0n) is 24.8. The van der Waals surface area contributed by atoms with Crippen molar-refractivity contribution in [2.24, 2.45) is 0 Å². The number of rotatable bonds is 11. The Morgan fingerprint density at radius 2 is 1.66 bits per heavy atom. The van der Waals surface area contributed by atoms with Crippen molar-refractivity contribution >= 4 is 33.1 Å². The number of nitrogens with zero attached hydrogens (tertiary/aromatic N) is 3. The number of ether oxygens (including phenoxy) is 1. The minimum absolute atomic E-state index is 0.0139. The Morgan fingerprint density at radius 3 is 2.30 bits per heavy atom. The standard InChI is InChI=1S/C34H36N4O5S/c1-25(39)28-8-6-7-26(21-28)22-34(40)38(30-9-4-3-5-10-30)31-17-19-37(20-18-31)24-27-11-16-33(35-23-27)43-32-14-12-29(13-15-32)36-44(2,41)42/h3-16,21,23,31,36H,17-20,22,24H2,1-2H3. The molecule has 9 nitrogen and oxygen atoms in total. The minimum atomic E-state index is -3.34. The molecule has 1 aliphatic heterocycles. The highest BCUT2D eigenvalue weighted by molar-refractivity contribution is 7.92. The van der Waals surface area contributed by atoms with Crippen LogP contribution >= 0.6 is 0 Å². The molecule has 0 bridgehead atoms. The number of aromatic nitrogens is 1. The van der Waals surface area contributed by atoms with Crippen LogP contribution in [-0.2, 0) is 27.8 Å². The topological polar surface area (TPSA) is 109 Å². The Balaban J connectivity index is 1.17. The normalized spacial score (nSPS) is 14.1. The number of likely N-dealkylation sites (tertiary alicyclic amines) is 1. The van der Waals surface area contributed by atoms with E-state index in [1.54, 1.807) is 36.5 Å². The molecule has 44 heavy (non-hydrogen) atoms. The average Bonchev–Trinajstić information content (AvgIpc) is 3.00. The molecule has 0 radical (unpaired) electrons. The van der Waals surface area contributed by atoms with Gasteiger partial charge in [0, 0.05) is 54.9 Å². The van der Waals surface area contributed by atoms with Crippen LogP contribution in [0.1, 0.15) is 41.3 Å². The summed E-state index contributed by atoms with van der Waals surface area (Å²) in [6.07, 6.45) is 4.82. The van der Waals surface area contributed by atoms with E-state index in [9.17, 15) is 18.0 Å². The number of pyridine rings is 1. The van der Waals surface area contributed by atoms with Crippen LogP contribution in [0.2, 0.25) is 0 Å². The second-order valence-electron chi connectivity index (χ2n) is 11.0. The Labute approximate surface area is 258 Å². The van der Waals surface area contributed by atoms with Crippen LogP contribution < -0.4 is 14.4 Å². The lowest BCUT2D eigenvalue weighted by molar-refractivity contribution is -0.118. The monoisotopic (exact) mass is 612 g/mol. The number of carbonyl (C=O) groups is 2. The Morgan fingerprint density at radius 1 is 0.932 bits per heavy atom. The molecule has 3 aromatic carbocycles. The number of hydrogen-bond donors (Lipinski definition) is 1. The van der Waals surface area contributed by atoms with Gasteiger partial charge in [0.05, 0.1) is 12.7 Å². The summed E-state index contributed by atoms with van der Waals surface area (Å²) in [7, 11) is -3.34. The summed E-state index contributed by atoms with van der Waals surface area (Å²) < 4.78 is 31.0. The van der Waals surface area contributed by atoms with Gasteiger partial charge in [0.15, 0.2) is 5.78 Å². The first kappa shape index (κ1) is 30.9. The van der Waals surface area contributed by atoms with E-state index in [-0.39, 0.29) is 24.2 Å². The summed E-state index contributed by atoms with van der Waals surface area (Å²) in [5, 5.41) is 0. The van der Waals surface area contributed by atoms with E-state index >= 15 is 0 Å². The Kier molecular flexibility index (Phi) is 9.72. The number of benzene rings is 3. The first-order chi connectivity index (χ1) is 21.1. The van der Waals surface area contributed by atoms with E-state index < -0.39 is 10.0 Å². The zero-order valence-corrected chi connectivity index (χ0v) is 25.7. The summed E-state index contributed by atoms with van der Waals surface area (Å²) in [6.45, 7) is 3.96. The fraction of sp³-hybridized carbons (Fsp3) is 0.265. The summed E-state index contributed by atoms with van der Waals surface area (Å²) in [5.74, 6) is 1.01. The molecule has 1 saturated heterocycles. The van der Waals surface area contributed by atoms with Gasteiger partial charge in [-0.15, -0.1) is 0 Å². The SMILES string of the molecule is CC(=O)c1cccc(CC(=O)N(c2ccccc2)C2CCN(Cc3ccc(Oc4ccc(NS(C)(=O)=O)cc4)nc3)CC2)c1. The molecule has 10 heteroatoms. The van der Waals surface area contributed by atoms with Gasteiger partial charge in [0.1, 0.15) is 5.75 Å². The fourth-order valence-electron chi connectivity index (χ4n) is 5.39. The first-order valence-corrected chi connectivity index (χ1v) is 16.4. The number of hydrogen-bond acceptors (Lipinski definition) is 7. The molecule has 5 rings (SSSR count). The first-order valence-electron chi connectivity index (χ1n) is 14.5. The maximum atomic E-state index is 13.7. The molecule has 1 aromatic heterocycles. The second kappa shape index (κ2) is 13.8. The van der Waals surface area contributed by atoms with Gasteiger partial charge in [0.2, 0.25) is 21.8 Å². The predicted octanol–water partition coefficient (Wildman–Crippen LogP) is 5.69. The lowest BCUT2D eigenvalue weighted by Gasteiger charge is -2.38. The van der Waals surface area contributed by atoms with Crippen molar-refractivity contribution in [1.82, 2.24) is 9.88 Å². The smallest absolute Gasteiger partial charge is 0.231 e. The second-order valence-corrected chi connectivity index (χ2v) is 12.8. The van der Waals surface area contributed by atoms with E-state index in [1.807, 2.05) is 65.6 Å². The Hall–Kier alpha value is -4.54. The van der Waals surface area contributed by atoms with Gasteiger partial charge >= 0.3 is 0 Å². The van der Waals surface area contributed by atoms with Crippen molar-refractivity contribution in [2.45, 2.75) is 38.8 Å². The largest absolute Gasteiger partial charge is 0.439 e. The number of para-hydroxylation sites is 1. The number of amides is 1.